The molecule has 1 aromatic heterocycles. The summed E-state index contributed by atoms with van der Waals surface area (Å²) in [5.74, 6) is 0.172. The molecule has 0 fully saturated rings. The first-order valence-corrected chi connectivity index (χ1v) is 5.93. The molecule has 0 radical (unpaired) electrons. The monoisotopic (exact) mass is 263 g/mol. The molecule has 1 rings (SSSR count). The molecule has 2 atom stereocenters. The Morgan fingerprint density at radius 3 is 2.69 bits per heavy atom. The summed E-state index contributed by atoms with van der Waals surface area (Å²) < 4.78 is 1.05. The van der Waals surface area contributed by atoms with Crippen molar-refractivity contribution in [3.8, 4) is 0 Å². The molecule has 74 valence electrons. The molecular formula is C9H14BrNOS. The summed E-state index contributed by atoms with van der Waals surface area (Å²) in [5, 5.41) is 9.90. The van der Waals surface area contributed by atoms with E-state index < -0.39 is 6.10 Å². The minimum Gasteiger partial charge on any atom is -0.387 e. The lowest BCUT2D eigenvalue weighted by Crippen LogP contribution is -2.20. The van der Waals surface area contributed by atoms with Gasteiger partial charge in [-0.25, -0.2) is 0 Å². The van der Waals surface area contributed by atoms with Gasteiger partial charge in [0.25, 0.3) is 0 Å². The van der Waals surface area contributed by atoms with Crippen molar-refractivity contribution in [1.82, 2.24) is 0 Å². The maximum absolute atomic E-state index is 9.90. The normalized spacial score (nSPS) is 15.7. The Morgan fingerprint density at radius 2 is 2.31 bits per heavy atom. The van der Waals surface area contributed by atoms with Gasteiger partial charge in [0.1, 0.15) is 0 Å². The second-order valence-corrected chi connectivity index (χ2v) is 5.49. The number of aliphatic hydroxyl groups excluding tert-OH is 1. The maximum Gasteiger partial charge on any atom is 0.0922 e. The third-order valence-electron chi connectivity index (χ3n) is 2.16. The minimum atomic E-state index is -0.411. The van der Waals surface area contributed by atoms with E-state index in [2.05, 4.69) is 15.9 Å². The van der Waals surface area contributed by atoms with Gasteiger partial charge in [-0.1, -0.05) is 6.92 Å². The maximum atomic E-state index is 9.90. The van der Waals surface area contributed by atoms with E-state index >= 15 is 0 Å². The molecule has 0 bridgehead atoms. The van der Waals surface area contributed by atoms with E-state index in [-0.39, 0.29) is 5.92 Å². The first-order valence-electron chi connectivity index (χ1n) is 4.32. The zero-order valence-electron chi connectivity index (χ0n) is 7.53. The Labute approximate surface area is 90.9 Å². The van der Waals surface area contributed by atoms with Crippen LogP contribution in [0.1, 0.15) is 24.3 Å². The molecule has 1 heterocycles. The zero-order valence-corrected chi connectivity index (χ0v) is 9.94. The standard InChI is InChI=1S/C9H14BrNOS/c1-2-6(5-11)9(12)7-3-4-8(10)13-7/h3-4,6,9,12H,2,5,11H2,1H3. The molecule has 0 aliphatic heterocycles. The van der Waals surface area contributed by atoms with Gasteiger partial charge in [0, 0.05) is 10.8 Å². The van der Waals surface area contributed by atoms with Crippen LogP contribution in [0.3, 0.4) is 0 Å². The van der Waals surface area contributed by atoms with Crippen LogP contribution in [0.15, 0.2) is 15.9 Å². The number of nitrogens with two attached hydrogens (primary N) is 1. The fraction of sp³-hybridized carbons (Fsp3) is 0.556. The topological polar surface area (TPSA) is 46.2 Å². The van der Waals surface area contributed by atoms with Crippen LogP contribution in [-0.4, -0.2) is 11.7 Å². The lowest BCUT2D eigenvalue weighted by molar-refractivity contribution is 0.113. The second kappa shape index (κ2) is 5.10. The van der Waals surface area contributed by atoms with Crippen LogP contribution in [0.4, 0.5) is 0 Å². The van der Waals surface area contributed by atoms with Crippen molar-refractivity contribution >= 4 is 27.3 Å². The summed E-state index contributed by atoms with van der Waals surface area (Å²) in [6, 6.07) is 3.89. The van der Waals surface area contributed by atoms with Gasteiger partial charge in [-0.2, -0.15) is 0 Å². The largest absolute Gasteiger partial charge is 0.387 e. The molecule has 2 unspecified atom stereocenters. The van der Waals surface area contributed by atoms with Crippen LogP contribution in [-0.2, 0) is 0 Å². The van der Waals surface area contributed by atoms with E-state index in [0.717, 1.165) is 15.1 Å². The summed E-state index contributed by atoms with van der Waals surface area (Å²) in [6.45, 7) is 2.58. The second-order valence-electron chi connectivity index (χ2n) is 2.99. The van der Waals surface area contributed by atoms with E-state index in [9.17, 15) is 5.11 Å². The summed E-state index contributed by atoms with van der Waals surface area (Å²) in [4.78, 5) is 0.990. The van der Waals surface area contributed by atoms with Crippen LogP contribution >= 0.6 is 27.3 Å². The van der Waals surface area contributed by atoms with Crippen molar-refractivity contribution in [2.24, 2.45) is 11.7 Å². The van der Waals surface area contributed by atoms with E-state index in [0.29, 0.717) is 6.54 Å². The lowest BCUT2D eigenvalue weighted by atomic mass is 9.99. The Morgan fingerprint density at radius 1 is 1.62 bits per heavy atom. The van der Waals surface area contributed by atoms with Gasteiger partial charge >= 0.3 is 0 Å². The minimum absolute atomic E-state index is 0.172. The van der Waals surface area contributed by atoms with E-state index in [1.165, 1.54) is 0 Å². The fourth-order valence-corrected chi connectivity index (χ4v) is 2.74. The number of rotatable bonds is 4. The number of thiophene rings is 1. The highest BCUT2D eigenvalue weighted by molar-refractivity contribution is 9.11. The lowest BCUT2D eigenvalue weighted by Gasteiger charge is -2.18. The number of hydrogen-bond donors (Lipinski definition) is 2. The summed E-state index contributed by atoms with van der Waals surface area (Å²) >= 11 is 4.94. The molecule has 0 aromatic carbocycles. The van der Waals surface area contributed by atoms with Crippen molar-refractivity contribution in [3.05, 3.63) is 20.8 Å². The average Bonchev–Trinajstić information content (AvgIpc) is 2.54. The van der Waals surface area contributed by atoms with Crippen molar-refractivity contribution in [2.45, 2.75) is 19.4 Å². The molecule has 0 spiro atoms. The molecule has 0 amide bonds. The molecule has 0 saturated heterocycles. The molecule has 0 aliphatic carbocycles. The van der Waals surface area contributed by atoms with Gasteiger partial charge < -0.3 is 10.8 Å². The van der Waals surface area contributed by atoms with Gasteiger partial charge in [-0.15, -0.1) is 11.3 Å². The van der Waals surface area contributed by atoms with Crippen LogP contribution in [0.5, 0.6) is 0 Å². The molecule has 4 heteroatoms. The van der Waals surface area contributed by atoms with Crippen molar-refractivity contribution in [2.75, 3.05) is 6.54 Å². The number of hydrogen-bond acceptors (Lipinski definition) is 3. The first kappa shape index (κ1) is 11.2. The molecule has 0 saturated carbocycles. The predicted molar refractivity (Wildman–Crippen MR) is 59.8 cm³/mol. The zero-order chi connectivity index (χ0) is 9.84. The van der Waals surface area contributed by atoms with Crippen LogP contribution < -0.4 is 5.73 Å². The molecule has 13 heavy (non-hydrogen) atoms. The van der Waals surface area contributed by atoms with Gasteiger partial charge in [0.05, 0.1) is 9.89 Å². The van der Waals surface area contributed by atoms with Gasteiger partial charge in [-0.05, 0) is 41.0 Å². The van der Waals surface area contributed by atoms with Crippen molar-refractivity contribution in [1.29, 1.82) is 0 Å². The molecular weight excluding hydrogens is 250 g/mol. The van der Waals surface area contributed by atoms with Gasteiger partial charge in [-0.3, -0.25) is 0 Å². The Bertz CT molecular complexity index is 260. The smallest absolute Gasteiger partial charge is 0.0922 e. The van der Waals surface area contributed by atoms with Crippen LogP contribution in [0, 0.1) is 5.92 Å². The Balaban J connectivity index is 2.71. The van der Waals surface area contributed by atoms with Crippen LogP contribution in [0.25, 0.3) is 0 Å². The molecule has 2 nitrogen and oxygen atoms in total. The van der Waals surface area contributed by atoms with Crippen LogP contribution in [0.2, 0.25) is 0 Å². The summed E-state index contributed by atoms with van der Waals surface area (Å²) in [7, 11) is 0. The quantitative estimate of drug-likeness (QED) is 0.877. The Kier molecular flexibility index (Phi) is 4.38. The van der Waals surface area contributed by atoms with E-state index in [4.69, 9.17) is 5.73 Å². The highest BCUT2D eigenvalue weighted by atomic mass is 79.9. The van der Waals surface area contributed by atoms with Gasteiger partial charge in [0.2, 0.25) is 0 Å². The highest BCUT2D eigenvalue weighted by Crippen LogP contribution is 2.31. The van der Waals surface area contributed by atoms with Gasteiger partial charge in [0.15, 0.2) is 0 Å². The first-order chi connectivity index (χ1) is 6.19. The van der Waals surface area contributed by atoms with E-state index in [1.807, 2.05) is 19.1 Å². The van der Waals surface area contributed by atoms with Crippen molar-refractivity contribution < 1.29 is 5.11 Å². The third-order valence-corrected chi connectivity index (χ3v) is 3.85. The average molecular weight is 264 g/mol. The number of halogens is 1. The fourth-order valence-electron chi connectivity index (χ4n) is 1.24. The molecule has 0 aliphatic rings. The third kappa shape index (κ3) is 2.77. The number of aliphatic hydroxyl groups is 1. The molecule has 3 N–H and O–H groups in total. The van der Waals surface area contributed by atoms with E-state index in [1.54, 1.807) is 11.3 Å². The highest BCUT2D eigenvalue weighted by Gasteiger charge is 2.18. The van der Waals surface area contributed by atoms with Crippen molar-refractivity contribution in [3.63, 3.8) is 0 Å². The SMILES string of the molecule is CCC(CN)C(O)c1ccc(Br)s1. The predicted octanol–water partition coefficient (Wildman–Crippen LogP) is 2.53. The Hall–Kier alpha value is 0.1000. The summed E-state index contributed by atoms with van der Waals surface area (Å²) in [5.41, 5.74) is 5.56. The molecule has 1 aromatic rings. The summed E-state index contributed by atoms with van der Waals surface area (Å²) in [6.07, 6.45) is 0.499.